The minimum Gasteiger partial charge on any atom is -0.373 e. The first-order chi connectivity index (χ1) is 11.5. The molecule has 8 nitrogen and oxygen atoms in total. The maximum absolute atomic E-state index is 12.4. The second-order valence-corrected chi connectivity index (χ2v) is 6.24. The molecule has 130 valence electrons. The summed E-state index contributed by atoms with van der Waals surface area (Å²) in [5.41, 5.74) is 3.05. The molecule has 24 heavy (non-hydrogen) atoms. The van der Waals surface area contributed by atoms with Crippen molar-refractivity contribution in [2.75, 3.05) is 19.7 Å². The minimum absolute atomic E-state index is 0.0391. The molecule has 1 aliphatic heterocycles. The van der Waals surface area contributed by atoms with Gasteiger partial charge in [-0.25, -0.2) is 4.79 Å². The van der Waals surface area contributed by atoms with Crippen LogP contribution in [0.3, 0.4) is 0 Å². The fourth-order valence-corrected chi connectivity index (χ4v) is 2.90. The number of nitrogens with zero attached hydrogens (tertiary/aromatic N) is 5. The molecule has 1 unspecified atom stereocenters. The number of ether oxygens (including phenoxy) is 1. The van der Waals surface area contributed by atoms with E-state index >= 15 is 0 Å². The summed E-state index contributed by atoms with van der Waals surface area (Å²) < 4.78 is 9.41. The van der Waals surface area contributed by atoms with Crippen LogP contribution in [0.2, 0.25) is 0 Å². The Kier molecular flexibility index (Phi) is 4.84. The molecule has 1 saturated heterocycles. The van der Waals surface area contributed by atoms with Gasteiger partial charge >= 0.3 is 6.03 Å². The molecule has 0 saturated carbocycles. The van der Waals surface area contributed by atoms with Crippen LogP contribution in [0.25, 0.3) is 0 Å². The normalized spacial score (nSPS) is 18.0. The molecule has 0 radical (unpaired) electrons. The Balaban J connectivity index is 1.52. The van der Waals surface area contributed by atoms with Crippen LogP contribution in [-0.2, 0) is 24.9 Å². The highest BCUT2D eigenvalue weighted by atomic mass is 16.5. The number of aromatic nitrogens is 4. The van der Waals surface area contributed by atoms with Crippen molar-refractivity contribution in [3.05, 3.63) is 35.4 Å². The van der Waals surface area contributed by atoms with Crippen LogP contribution in [0.15, 0.2) is 18.5 Å². The summed E-state index contributed by atoms with van der Waals surface area (Å²) in [6.07, 6.45) is 3.76. The van der Waals surface area contributed by atoms with Crippen molar-refractivity contribution in [2.24, 2.45) is 7.05 Å². The molecule has 0 spiro atoms. The molecule has 1 fully saturated rings. The van der Waals surface area contributed by atoms with Crippen LogP contribution >= 0.6 is 0 Å². The highest BCUT2D eigenvalue weighted by Crippen LogP contribution is 2.09. The molecule has 2 aromatic heterocycles. The molecule has 3 heterocycles. The third-order valence-corrected chi connectivity index (χ3v) is 4.10. The third kappa shape index (κ3) is 3.94. The van der Waals surface area contributed by atoms with Crippen molar-refractivity contribution < 1.29 is 9.53 Å². The van der Waals surface area contributed by atoms with Gasteiger partial charge in [0.1, 0.15) is 0 Å². The average molecular weight is 332 g/mol. The quantitative estimate of drug-likeness (QED) is 0.900. The molecule has 3 rings (SSSR count). The number of carbonyl (C=O) groups excluding carboxylic acids is 1. The first-order valence-corrected chi connectivity index (χ1v) is 8.14. The summed E-state index contributed by atoms with van der Waals surface area (Å²) in [5.74, 6) is 0. The van der Waals surface area contributed by atoms with Gasteiger partial charge in [0, 0.05) is 19.8 Å². The standard InChI is InChI=1S/C16H24N6O2/c1-12-7-18-22(9-12)11-15-10-21(4-5-24-15)16(23)17-8-14-6-13(2)19-20(14)3/h6-7,9,15H,4-5,8,10-11H2,1-3H3,(H,17,23). The number of rotatable bonds is 4. The fraction of sp³-hybridized carbons (Fsp3) is 0.562. The Morgan fingerprint density at radius 2 is 2.29 bits per heavy atom. The van der Waals surface area contributed by atoms with E-state index in [4.69, 9.17) is 4.74 Å². The fourth-order valence-electron chi connectivity index (χ4n) is 2.90. The average Bonchev–Trinajstić information content (AvgIpc) is 3.10. The predicted molar refractivity (Wildman–Crippen MR) is 88.5 cm³/mol. The van der Waals surface area contributed by atoms with E-state index in [2.05, 4.69) is 15.5 Å². The monoisotopic (exact) mass is 332 g/mol. The Hall–Kier alpha value is -2.35. The molecule has 8 heteroatoms. The lowest BCUT2D eigenvalue weighted by atomic mass is 10.2. The second-order valence-electron chi connectivity index (χ2n) is 6.24. The van der Waals surface area contributed by atoms with Crippen LogP contribution in [-0.4, -0.2) is 56.3 Å². The Bertz CT molecular complexity index is 707. The molecule has 1 aliphatic rings. The van der Waals surface area contributed by atoms with Crippen molar-refractivity contribution in [3.63, 3.8) is 0 Å². The van der Waals surface area contributed by atoms with Crippen LogP contribution < -0.4 is 5.32 Å². The van der Waals surface area contributed by atoms with Gasteiger partial charge in [-0.2, -0.15) is 10.2 Å². The van der Waals surface area contributed by atoms with Crippen LogP contribution in [0.5, 0.6) is 0 Å². The highest BCUT2D eigenvalue weighted by Gasteiger charge is 2.24. The number of amides is 2. The molecular formula is C16H24N6O2. The molecule has 2 amide bonds. The largest absolute Gasteiger partial charge is 0.373 e. The maximum atomic E-state index is 12.4. The minimum atomic E-state index is -0.0706. The zero-order chi connectivity index (χ0) is 17.1. The first kappa shape index (κ1) is 16.5. The van der Waals surface area contributed by atoms with Crippen molar-refractivity contribution in [1.29, 1.82) is 0 Å². The molecule has 0 aliphatic carbocycles. The Morgan fingerprint density at radius 3 is 2.96 bits per heavy atom. The third-order valence-electron chi connectivity index (χ3n) is 4.10. The highest BCUT2D eigenvalue weighted by molar-refractivity contribution is 5.74. The van der Waals surface area contributed by atoms with E-state index < -0.39 is 0 Å². The van der Waals surface area contributed by atoms with Crippen LogP contribution in [0.4, 0.5) is 4.79 Å². The van der Waals surface area contributed by atoms with E-state index in [0.29, 0.717) is 32.8 Å². The van der Waals surface area contributed by atoms with Crippen LogP contribution in [0, 0.1) is 13.8 Å². The lowest BCUT2D eigenvalue weighted by molar-refractivity contribution is -0.0237. The van der Waals surface area contributed by atoms with Gasteiger partial charge < -0.3 is 15.0 Å². The van der Waals surface area contributed by atoms with E-state index in [1.54, 1.807) is 9.58 Å². The summed E-state index contributed by atoms with van der Waals surface area (Å²) in [7, 11) is 1.88. The number of aryl methyl sites for hydroxylation is 3. The second kappa shape index (κ2) is 7.04. The van der Waals surface area contributed by atoms with Crippen molar-refractivity contribution in [2.45, 2.75) is 33.0 Å². The van der Waals surface area contributed by atoms with Gasteiger partial charge in [-0.05, 0) is 25.5 Å². The Morgan fingerprint density at radius 1 is 1.46 bits per heavy atom. The summed E-state index contributed by atoms with van der Waals surface area (Å²) in [6, 6.07) is 1.90. The SMILES string of the molecule is Cc1cnn(CC2CN(C(=O)NCc3cc(C)nn3C)CCO2)c1. The van der Waals surface area contributed by atoms with Gasteiger partial charge in [-0.15, -0.1) is 0 Å². The van der Waals surface area contributed by atoms with Crippen molar-refractivity contribution in [3.8, 4) is 0 Å². The molecular weight excluding hydrogens is 308 g/mol. The predicted octanol–water partition coefficient (Wildman–Crippen LogP) is 0.844. The van der Waals surface area contributed by atoms with E-state index in [1.165, 1.54) is 0 Å². The molecule has 1 N–H and O–H groups in total. The zero-order valence-corrected chi connectivity index (χ0v) is 14.4. The lowest BCUT2D eigenvalue weighted by Gasteiger charge is -2.32. The summed E-state index contributed by atoms with van der Waals surface area (Å²) in [6.45, 7) is 6.78. The van der Waals surface area contributed by atoms with Gasteiger partial charge in [0.15, 0.2) is 0 Å². The van der Waals surface area contributed by atoms with Gasteiger partial charge in [0.2, 0.25) is 0 Å². The number of morpholine rings is 1. The maximum Gasteiger partial charge on any atom is 0.317 e. The molecule has 0 aromatic carbocycles. The van der Waals surface area contributed by atoms with Gasteiger partial charge in [-0.3, -0.25) is 9.36 Å². The Labute approximate surface area is 141 Å². The summed E-state index contributed by atoms with van der Waals surface area (Å²) >= 11 is 0. The lowest BCUT2D eigenvalue weighted by Crippen LogP contribution is -2.50. The molecule has 0 bridgehead atoms. The number of carbonyl (C=O) groups is 1. The number of hydrogen-bond donors (Lipinski definition) is 1. The van der Waals surface area contributed by atoms with Gasteiger partial charge in [0.25, 0.3) is 0 Å². The van der Waals surface area contributed by atoms with E-state index in [0.717, 1.165) is 17.0 Å². The summed E-state index contributed by atoms with van der Waals surface area (Å²) in [4.78, 5) is 14.2. The topological polar surface area (TPSA) is 77.2 Å². The number of urea groups is 1. The van der Waals surface area contributed by atoms with Crippen molar-refractivity contribution in [1.82, 2.24) is 29.8 Å². The van der Waals surface area contributed by atoms with E-state index in [9.17, 15) is 4.79 Å². The zero-order valence-electron chi connectivity index (χ0n) is 14.4. The van der Waals surface area contributed by atoms with Gasteiger partial charge in [-0.1, -0.05) is 0 Å². The smallest absolute Gasteiger partial charge is 0.317 e. The number of nitrogens with one attached hydrogen (secondary N) is 1. The van der Waals surface area contributed by atoms with E-state index in [-0.39, 0.29) is 12.1 Å². The van der Waals surface area contributed by atoms with E-state index in [1.807, 2.05) is 44.0 Å². The molecule has 1 atom stereocenters. The molecule has 2 aromatic rings. The first-order valence-electron chi connectivity index (χ1n) is 8.14. The van der Waals surface area contributed by atoms with Crippen LogP contribution in [0.1, 0.15) is 17.0 Å². The van der Waals surface area contributed by atoms with Gasteiger partial charge in [0.05, 0.1) is 49.9 Å². The number of hydrogen-bond acceptors (Lipinski definition) is 4. The summed E-state index contributed by atoms with van der Waals surface area (Å²) in [5, 5.41) is 11.5. The van der Waals surface area contributed by atoms with Crippen molar-refractivity contribution >= 4 is 6.03 Å².